The van der Waals surface area contributed by atoms with Gasteiger partial charge in [-0.15, -0.1) is 0 Å². The van der Waals surface area contributed by atoms with Crippen molar-refractivity contribution >= 4 is 23.1 Å². The highest BCUT2D eigenvalue weighted by Gasteiger charge is 2.42. The smallest absolute Gasteiger partial charge is 0.410 e. The summed E-state index contributed by atoms with van der Waals surface area (Å²) in [6.07, 6.45) is 3.26. The summed E-state index contributed by atoms with van der Waals surface area (Å²) in [5.74, 6) is 1.05. The number of rotatable bonds is 7. The van der Waals surface area contributed by atoms with E-state index >= 15 is 0 Å². The molecule has 1 atom stereocenters. The highest BCUT2D eigenvalue weighted by molar-refractivity contribution is 5.75. The van der Waals surface area contributed by atoms with Crippen LogP contribution in [0.2, 0.25) is 0 Å². The van der Waals surface area contributed by atoms with Crippen molar-refractivity contribution in [1.29, 1.82) is 0 Å². The zero-order valence-electron chi connectivity index (χ0n) is 25.6. The third kappa shape index (κ3) is 6.05. The van der Waals surface area contributed by atoms with Gasteiger partial charge in [-0.1, -0.05) is 42.5 Å². The van der Waals surface area contributed by atoms with Gasteiger partial charge >= 0.3 is 6.09 Å². The Morgan fingerprint density at radius 3 is 2.32 bits per heavy atom. The largest absolute Gasteiger partial charge is 0.415 e. The number of nitrogens with one attached hydrogen (secondary N) is 1. The molecule has 2 aromatic carbocycles. The third-order valence-electron chi connectivity index (χ3n) is 8.89. The number of piperazine rings is 1. The van der Waals surface area contributed by atoms with Crippen molar-refractivity contribution in [2.75, 3.05) is 44.7 Å². The fourth-order valence-corrected chi connectivity index (χ4v) is 6.43. The number of carbonyl (C=O) groups is 1. The third-order valence-corrected chi connectivity index (χ3v) is 8.89. The van der Waals surface area contributed by atoms with Crippen LogP contribution in [0.1, 0.15) is 56.8 Å². The van der Waals surface area contributed by atoms with Gasteiger partial charge in [-0.25, -0.2) is 9.78 Å². The van der Waals surface area contributed by atoms with Gasteiger partial charge in [0.05, 0.1) is 11.6 Å². The number of fused-ring (bicyclic) bond motifs is 1. The molecule has 1 amide bonds. The molecule has 2 aliphatic heterocycles. The number of hydrogen-bond donors (Lipinski definition) is 1. The molecule has 1 N–H and O–H groups in total. The van der Waals surface area contributed by atoms with Gasteiger partial charge in [0, 0.05) is 63.1 Å². The molecule has 10 heteroatoms. The SMILES string of the molecule is CC(C)n1c(=O)ccc2cnc(N[C@@H](C)c3ccc(C4(N5CCN(C(=O)Oc6ccccc6)CC5)CCOCC4)cc3)nc21. The lowest BCUT2D eigenvalue weighted by Crippen LogP contribution is -2.58. The zero-order chi connectivity index (χ0) is 30.7. The number of benzene rings is 2. The molecule has 2 aromatic heterocycles. The highest BCUT2D eigenvalue weighted by Crippen LogP contribution is 2.39. The van der Waals surface area contributed by atoms with E-state index in [9.17, 15) is 9.59 Å². The first-order valence-corrected chi connectivity index (χ1v) is 15.4. The van der Waals surface area contributed by atoms with Crippen LogP contribution < -0.4 is 15.6 Å². The van der Waals surface area contributed by atoms with Gasteiger partial charge in [0.15, 0.2) is 0 Å². The lowest BCUT2D eigenvalue weighted by atomic mass is 9.80. The maximum atomic E-state index is 12.8. The molecule has 2 saturated heterocycles. The van der Waals surface area contributed by atoms with Crippen LogP contribution in [-0.2, 0) is 10.3 Å². The molecule has 4 heterocycles. The van der Waals surface area contributed by atoms with Gasteiger partial charge in [-0.3, -0.25) is 14.3 Å². The molecular weight excluding hydrogens is 556 g/mol. The molecule has 6 rings (SSSR count). The predicted octanol–water partition coefficient (Wildman–Crippen LogP) is 5.37. The van der Waals surface area contributed by atoms with Crippen LogP contribution in [0.4, 0.5) is 10.7 Å². The Hall–Kier alpha value is -4.28. The van der Waals surface area contributed by atoms with E-state index in [0.29, 0.717) is 43.6 Å². The number of ether oxygens (including phenoxy) is 2. The molecule has 0 bridgehead atoms. The molecule has 44 heavy (non-hydrogen) atoms. The summed E-state index contributed by atoms with van der Waals surface area (Å²) in [5, 5.41) is 4.25. The minimum atomic E-state index is -0.300. The van der Waals surface area contributed by atoms with Crippen molar-refractivity contribution in [1.82, 2.24) is 24.3 Å². The van der Waals surface area contributed by atoms with Crippen molar-refractivity contribution in [3.05, 3.63) is 94.4 Å². The number of aromatic nitrogens is 3. The summed E-state index contributed by atoms with van der Waals surface area (Å²) in [7, 11) is 0. The van der Waals surface area contributed by atoms with E-state index in [4.69, 9.17) is 14.5 Å². The second kappa shape index (κ2) is 12.8. The molecule has 0 radical (unpaired) electrons. The number of nitrogens with zero attached hydrogens (tertiary/aromatic N) is 5. The van der Waals surface area contributed by atoms with Crippen molar-refractivity contribution in [2.24, 2.45) is 0 Å². The Kier molecular flexibility index (Phi) is 8.63. The molecule has 2 fully saturated rings. The fourth-order valence-electron chi connectivity index (χ4n) is 6.43. The first-order chi connectivity index (χ1) is 21.3. The van der Waals surface area contributed by atoms with Gasteiger partial charge in [0.1, 0.15) is 11.4 Å². The monoisotopic (exact) mass is 596 g/mol. The highest BCUT2D eigenvalue weighted by atomic mass is 16.6. The van der Waals surface area contributed by atoms with Gasteiger partial charge in [0.25, 0.3) is 5.56 Å². The second-order valence-electron chi connectivity index (χ2n) is 11.9. The maximum absolute atomic E-state index is 12.8. The van der Waals surface area contributed by atoms with E-state index in [2.05, 4.69) is 46.4 Å². The molecular formula is C34H40N6O4. The topological polar surface area (TPSA) is 102 Å². The summed E-state index contributed by atoms with van der Waals surface area (Å²) in [6, 6.07) is 21.3. The average molecular weight is 597 g/mol. The first-order valence-electron chi connectivity index (χ1n) is 15.4. The number of para-hydroxylation sites is 1. The zero-order valence-corrected chi connectivity index (χ0v) is 25.6. The fraction of sp³-hybridized carbons (Fsp3) is 0.412. The van der Waals surface area contributed by atoms with Gasteiger partial charge < -0.3 is 19.7 Å². The van der Waals surface area contributed by atoms with E-state index in [-0.39, 0.29) is 29.3 Å². The lowest BCUT2D eigenvalue weighted by Gasteiger charge is -2.49. The predicted molar refractivity (Wildman–Crippen MR) is 170 cm³/mol. The van der Waals surface area contributed by atoms with E-state index in [0.717, 1.165) is 36.9 Å². The summed E-state index contributed by atoms with van der Waals surface area (Å²) in [6.45, 7) is 10.2. The molecule has 0 aliphatic carbocycles. The Bertz CT molecular complexity index is 1640. The van der Waals surface area contributed by atoms with Gasteiger partial charge in [-0.05, 0) is 62.9 Å². The number of hydrogen-bond acceptors (Lipinski definition) is 8. The molecule has 0 spiro atoms. The minimum Gasteiger partial charge on any atom is -0.410 e. The molecule has 2 aliphatic rings. The number of pyridine rings is 1. The molecule has 230 valence electrons. The lowest BCUT2D eigenvalue weighted by molar-refractivity contribution is -0.0483. The van der Waals surface area contributed by atoms with Crippen LogP contribution in [0, 0.1) is 0 Å². The van der Waals surface area contributed by atoms with E-state index in [1.807, 2.05) is 32.0 Å². The second-order valence-corrected chi connectivity index (χ2v) is 11.9. The van der Waals surface area contributed by atoms with Crippen LogP contribution in [0.3, 0.4) is 0 Å². The Morgan fingerprint density at radius 2 is 1.64 bits per heavy atom. The Balaban J connectivity index is 1.15. The normalized spacial score (nSPS) is 17.9. The Morgan fingerprint density at radius 1 is 0.932 bits per heavy atom. The van der Waals surface area contributed by atoms with Crippen molar-refractivity contribution < 1.29 is 14.3 Å². The van der Waals surface area contributed by atoms with E-state index in [1.54, 1.807) is 39.9 Å². The van der Waals surface area contributed by atoms with Crippen molar-refractivity contribution in [2.45, 2.75) is 51.2 Å². The number of anilines is 1. The molecule has 10 nitrogen and oxygen atoms in total. The molecule has 0 unspecified atom stereocenters. The summed E-state index contributed by atoms with van der Waals surface area (Å²) in [5.41, 5.74) is 2.78. The number of carbonyl (C=O) groups excluding carboxylic acids is 1. The standard InChI is InChI=1S/C34H40N6O4/c1-24(2)40-30(41)14-11-27-23-35-32(37-31(27)40)36-25(3)26-9-12-28(13-10-26)34(15-21-43-22-16-34)39-19-17-38(18-20-39)33(42)44-29-7-5-4-6-8-29/h4-14,23-25H,15-22H2,1-3H3,(H,35,36,37)/t25-/m0/s1. The first kappa shape index (κ1) is 29.8. The van der Waals surface area contributed by atoms with Crippen LogP contribution in [0.15, 0.2) is 77.7 Å². The quantitative estimate of drug-likeness (QED) is 0.304. The minimum absolute atomic E-state index is 0.0116. The molecule has 4 aromatic rings. The van der Waals surface area contributed by atoms with Crippen LogP contribution in [-0.4, -0.2) is 69.8 Å². The molecule has 0 saturated carbocycles. The summed E-state index contributed by atoms with van der Waals surface area (Å²) < 4.78 is 13.1. The van der Waals surface area contributed by atoms with Crippen LogP contribution >= 0.6 is 0 Å². The summed E-state index contributed by atoms with van der Waals surface area (Å²) >= 11 is 0. The van der Waals surface area contributed by atoms with Crippen LogP contribution in [0.5, 0.6) is 5.75 Å². The van der Waals surface area contributed by atoms with E-state index in [1.165, 1.54) is 5.56 Å². The number of amides is 1. The van der Waals surface area contributed by atoms with Gasteiger partial charge in [-0.2, -0.15) is 4.98 Å². The van der Waals surface area contributed by atoms with Gasteiger partial charge in [0.2, 0.25) is 5.95 Å². The average Bonchev–Trinajstić information content (AvgIpc) is 3.05. The Labute approximate surface area is 257 Å². The van der Waals surface area contributed by atoms with Crippen molar-refractivity contribution in [3.63, 3.8) is 0 Å². The van der Waals surface area contributed by atoms with Crippen LogP contribution in [0.25, 0.3) is 11.0 Å². The summed E-state index contributed by atoms with van der Waals surface area (Å²) in [4.78, 5) is 38.8. The van der Waals surface area contributed by atoms with Crippen molar-refractivity contribution in [3.8, 4) is 5.75 Å². The maximum Gasteiger partial charge on any atom is 0.415 e. The van der Waals surface area contributed by atoms with E-state index < -0.39 is 0 Å².